The predicted octanol–water partition coefficient (Wildman–Crippen LogP) is 2.90. The van der Waals surface area contributed by atoms with Gasteiger partial charge >= 0.3 is 0 Å². The number of rotatable bonds is 10. The predicted molar refractivity (Wildman–Crippen MR) is 82.6 cm³/mol. The molecule has 1 fully saturated rings. The van der Waals surface area contributed by atoms with Gasteiger partial charge in [-0.25, -0.2) is 0 Å². The van der Waals surface area contributed by atoms with Gasteiger partial charge in [0.15, 0.2) is 0 Å². The number of hydrogen-bond acceptors (Lipinski definition) is 3. The monoisotopic (exact) mass is 270 g/mol. The molecule has 0 aromatic rings. The van der Waals surface area contributed by atoms with Crippen LogP contribution in [0.15, 0.2) is 0 Å². The van der Waals surface area contributed by atoms with Gasteiger partial charge in [-0.2, -0.15) is 0 Å². The summed E-state index contributed by atoms with van der Waals surface area (Å²) in [4.78, 5) is 2.53. The van der Waals surface area contributed by atoms with E-state index in [9.17, 15) is 0 Å². The molecule has 114 valence electrons. The lowest BCUT2D eigenvalue weighted by Crippen LogP contribution is -2.47. The average Bonchev–Trinajstić information content (AvgIpc) is 2.47. The van der Waals surface area contributed by atoms with Gasteiger partial charge in [-0.1, -0.05) is 33.1 Å². The summed E-state index contributed by atoms with van der Waals surface area (Å²) in [7, 11) is 1.79. The summed E-state index contributed by atoms with van der Waals surface area (Å²) < 4.78 is 5.22. The fourth-order valence-electron chi connectivity index (χ4n) is 3.12. The van der Waals surface area contributed by atoms with Gasteiger partial charge in [0, 0.05) is 26.2 Å². The van der Waals surface area contributed by atoms with Crippen LogP contribution in [0.25, 0.3) is 0 Å². The van der Waals surface area contributed by atoms with Crippen molar-refractivity contribution in [3.8, 4) is 0 Å². The molecule has 1 aliphatic rings. The Morgan fingerprint density at radius 3 is 2.53 bits per heavy atom. The second-order valence-electron chi connectivity index (χ2n) is 5.84. The van der Waals surface area contributed by atoms with E-state index in [1.165, 1.54) is 45.1 Å². The lowest BCUT2D eigenvalue weighted by atomic mass is 9.83. The first-order chi connectivity index (χ1) is 9.31. The maximum Gasteiger partial charge on any atom is 0.0589 e. The van der Waals surface area contributed by atoms with Crippen LogP contribution in [-0.2, 0) is 4.74 Å². The smallest absolute Gasteiger partial charge is 0.0589 e. The molecule has 1 aliphatic carbocycles. The van der Waals surface area contributed by atoms with Gasteiger partial charge in [0.1, 0.15) is 0 Å². The minimum atomic E-state index is 0.678. The molecule has 0 aromatic heterocycles. The number of nitrogens with one attached hydrogen (secondary N) is 1. The lowest BCUT2D eigenvalue weighted by molar-refractivity contribution is 0.130. The van der Waals surface area contributed by atoms with Gasteiger partial charge in [0.2, 0.25) is 0 Å². The summed E-state index contributed by atoms with van der Waals surface area (Å²) in [5, 5.41) is 3.80. The molecular weight excluding hydrogens is 236 g/mol. The van der Waals surface area contributed by atoms with Gasteiger partial charge in [0.25, 0.3) is 0 Å². The number of methoxy groups -OCH3 is 1. The zero-order valence-corrected chi connectivity index (χ0v) is 13.3. The molecule has 0 aliphatic heterocycles. The molecule has 0 spiro atoms. The van der Waals surface area contributed by atoms with Crippen molar-refractivity contribution >= 4 is 0 Å². The summed E-state index contributed by atoms with van der Waals surface area (Å²) in [6, 6.07) is 0.678. The van der Waals surface area contributed by atoms with Crippen molar-refractivity contribution in [1.29, 1.82) is 0 Å². The van der Waals surface area contributed by atoms with Crippen molar-refractivity contribution in [2.75, 3.05) is 39.9 Å². The Labute approximate surface area is 120 Å². The Morgan fingerprint density at radius 2 is 1.95 bits per heavy atom. The molecule has 19 heavy (non-hydrogen) atoms. The largest absolute Gasteiger partial charge is 0.383 e. The van der Waals surface area contributed by atoms with E-state index in [-0.39, 0.29) is 0 Å². The van der Waals surface area contributed by atoms with Crippen LogP contribution in [0.5, 0.6) is 0 Å². The molecule has 0 amide bonds. The van der Waals surface area contributed by atoms with Crippen LogP contribution < -0.4 is 5.32 Å². The van der Waals surface area contributed by atoms with Crippen molar-refractivity contribution < 1.29 is 4.74 Å². The topological polar surface area (TPSA) is 24.5 Å². The zero-order chi connectivity index (χ0) is 13.9. The van der Waals surface area contributed by atoms with Gasteiger partial charge in [-0.05, 0) is 38.3 Å². The summed E-state index contributed by atoms with van der Waals surface area (Å²) in [6.07, 6.45) is 8.37. The van der Waals surface area contributed by atoms with Gasteiger partial charge in [-0.3, -0.25) is 4.90 Å². The summed E-state index contributed by atoms with van der Waals surface area (Å²) >= 11 is 0. The molecule has 0 saturated heterocycles. The Balaban J connectivity index is 2.45. The van der Waals surface area contributed by atoms with Gasteiger partial charge in [-0.15, -0.1) is 0 Å². The van der Waals surface area contributed by atoms with Crippen LogP contribution in [0.4, 0.5) is 0 Å². The average molecular weight is 270 g/mol. The van der Waals surface area contributed by atoms with E-state index in [0.29, 0.717) is 6.04 Å². The van der Waals surface area contributed by atoms with E-state index in [1.807, 2.05) is 0 Å². The SMILES string of the molecule is CCCNC(CN(CC)CCOC)C1CCCCC1. The highest BCUT2D eigenvalue weighted by atomic mass is 16.5. The first kappa shape index (κ1) is 16.9. The second-order valence-corrected chi connectivity index (χ2v) is 5.84. The fraction of sp³-hybridized carbons (Fsp3) is 1.00. The lowest BCUT2D eigenvalue weighted by Gasteiger charge is -2.34. The molecule has 1 saturated carbocycles. The zero-order valence-electron chi connectivity index (χ0n) is 13.3. The Morgan fingerprint density at radius 1 is 1.21 bits per heavy atom. The van der Waals surface area contributed by atoms with E-state index >= 15 is 0 Å². The molecule has 0 heterocycles. The van der Waals surface area contributed by atoms with E-state index in [4.69, 9.17) is 4.74 Å². The number of hydrogen-bond donors (Lipinski definition) is 1. The number of ether oxygens (including phenoxy) is 1. The van der Waals surface area contributed by atoms with Gasteiger partial charge in [0.05, 0.1) is 6.61 Å². The van der Waals surface area contributed by atoms with Crippen molar-refractivity contribution in [2.24, 2.45) is 5.92 Å². The van der Waals surface area contributed by atoms with Crippen molar-refractivity contribution in [3.05, 3.63) is 0 Å². The first-order valence-corrected chi connectivity index (χ1v) is 8.26. The molecule has 0 radical (unpaired) electrons. The molecule has 3 nitrogen and oxygen atoms in total. The molecule has 3 heteroatoms. The second kappa shape index (κ2) is 10.6. The Hall–Kier alpha value is -0.120. The van der Waals surface area contributed by atoms with Crippen molar-refractivity contribution in [2.45, 2.75) is 58.4 Å². The maximum atomic E-state index is 5.22. The van der Waals surface area contributed by atoms with Crippen LogP contribution in [0.2, 0.25) is 0 Å². The molecule has 1 atom stereocenters. The normalized spacial score (nSPS) is 18.9. The molecule has 1 N–H and O–H groups in total. The summed E-state index contributed by atoms with van der Waals surface area (Å²) in [6.45, 7) is 9.89. The van der Waals surface area contributed by atoms with E-state index in [2.05, 4.69) is 24.1 Å². The molecule has 0 aromatic carbocycles. The van der Waals surface area contributed by atoms with Crippen LogP contribution in [0.3, 0.4) is 0 Å². The standard InChI is InChI=1S/C16H34N2O/c1-4-11-17-16(15-9-7-6-8-10-15)14-18(5-2)12-13-19-3/h15-17H,4-14H2,1-3H3. The maximum absolute atomic E-state index is 5.22. The van der Waals surface area contributed by atoms with Crippen molar-refractivity contribution in [3.63, 3.8) is 0 Å². The minimum absolute atomic E-state index is 0.678. The molecular formula is C16H34N2O. The summed E-state index contributed by atoms with van der Waals surface area (Å²) in [5.74, 6) is 0.886. The molecule has 1 rings (SSSR count). The highest BCUT2D eigenvalue weighted by molar-refractivity contribution is 4.82. The molecule has 0 bridgehead atoms. The molecule has 1 unspecified atom stereocenters. The number of nitrogens with zero attached hydrogens (tertiary/aromatic N) is 1. The number of likely N-dealkylation sites (N-methyl/N-ethyl adjacent to an activating group) is 1. The highest BCUT2D eigenvalue weighted by Gasteiger charge is 2.24. The third-order valence-electron chi connectivity index (χ3n) is 4.39. The van der Waals surface area contributed by atoms with E-state index in [1.54, 1.807) is 7.11 Å². The van der Waals surface area contributed by atoms with Crippen LogP contribution in [0.1, 0.15) is 52.4 Å². The van der Waals surface area contributed by atoms with E-state index < -0.39 is 0 Å². The highest BCUT2D eigenvalue weighted by Crippen LogP contribution is 2.27. The third kappa shape index (κ3) is 6.73. The van der Waals surface area contributed by atoms with Crippen LogP contribution >= 0.6 is 0 Å². The first-order valence-electron chi connectivity index (χ1n) is 8.26. The Bertz CT molecular complexity index is 205. The fourth-order valence-corrected chi connectivity index (χ4v) is 3.12. The summed E-state index contributed by atoms with van der Waals surface area (Å²) in [5.41, 5.74) is 0. The minimum Gasteiger partial charge on any atom is -0.383 e. The van der Waals surface area contributed by atoms with Crippen molar-refractivity contribution in [1.82, 2.24) is 10.2 Å². The van der Waals surface area contributed by atoms with Crippen LogP contribution in [-0.4, -0.2) is 50.8 Å². The quantitative estimate of drug-likeness (QED) is 0.660. The third-order valence-corrected chi connectivity index (χ3v) is 4.39. The van der Waals surface area contributed by atoms with Gasteiger partial charge < -0.3 is 10.1 Å². The van der Waals surface area contributed by atoms with Crippen LogP contribution in [0, 0.1) is 5.92 Å². The van der Waals surface area contributed by atoms with E-state index in [0.717, 1.165) is 32.2 Å². The Kier molecular flexibility index (Phi) is 9.48.